The van der Waals surface area contributed by atoms with Gasteiger partial charge in [-0.2, -0.15) is 0 Å². The van der Waals surface area contributed by atoms with Crippen LogP contribution in [0.25, 0.3) is 0 Å². The van der Waals surface area contributed by atoms with Crippen LogP contribution in [-0.4, -0.2) is 26.3 Å². The lowest BCUT2D eigenvalue weighted by atomic mass is 9.75. The zero-order valence-corrected chi connectivity index (χ0v) is 20.0. The molecule has 1 saturated carbocycles. The molecule has 0 bridgehead atoms. The number of benzene rings is 2. The summed E-state index contributed by atoms with van der Waals surface area (Å²) >= 11 is 0. The molecular formula is C27H37NO4. The summed E-state index contributed by atoms with van der Waals surface area (Å²) in [6, 6.07) is 15.3. The van der Waals surface area contributed by atoms with Crippen molar-refractivity contribution in [2.75, 3.05) is 19.5 Å². The molecule has 0 amide bonds. The molecule has 1 aliphatic rings. The molecule has 0 heterocycles. The maximum atomic E-state index is 13.1. The lowest BCUT2D eigenvalue weighted by molar-refractivity contribution is -0.156. The van der Waals surface area contributed by atoms with Crippen molar-refractivity contribution in [3.63, 3.8) is 0 Å². The van der Waals surface area contributed by atoms with Crippen molar-refractivity contribution in [2.24, 2.45) is 17.8 Å². The molecule has 1 aliphatic carbocycles. The van der Waals surface area contributed by atoms with E-state index in [1.807, 2.05) is 48.5 Å². The molecule has 0 spiro atoms. The van der Waals surface area contributed by atoms with Crippen molar-refractivity contribution in [1.82, 2.24) is 0 Å². The van der Waals surface area contributed by atoms with Crippen molar-refractivity contribution in [1.29, 1.82) is 0 Å². The van der Waals surface area contributed by atoms with Gasteiger partial charge < -0.3 is 19.5 Å². The maximum absolute atomic E-state index is 13.1. The molecule has 1 N–H and O–H groups in total. The third kappa shape index (κ3) is 6.41. The van der Waals surface area contributed by atoms with Gasteiger partial charge in [0.1, 0.15) is 17.6 Å². The number of methoxy groups -OCH3 is 2. The summed E-state index contributed by atoms with van der Waals surface area (Å²) in [6.07, 6.45) is 3.55. The van der Waals surface area contributed by atoms with Gasteiger partial charge in [-0.15, -0.1) is 0 Å². The van der Waals surface area contributed by atoms with E-state index in [4.69, 9.17) is 14.2 Å². The van der Waals surface area contributed by atoms with Gasteiger partial charge in [0.25, 0.3) is 0 Å². The molecule has 0 aliphatic heterocycles. The SMILES string of the molecule is COc1ccc(N[C@H](CC(=O)O[C@@H]2C[C@H](C)CC[C@H]2C(C)C)c2ccc(OC)cc2)cc1. The first-order valence-electron chi connectivity index (χ1n) is 11.6. The van der Waals surface area contributed by atoms with Crippen LogP contribution >= 0.6 is 0 Å². The number of rotatable bonds is 9. The molecule has 2 aromatic rings. The largest absolute Gasteiger partial charge is 0.497 e. The van der Waals surface area contributed by atoms with Gasteiger partial charge >= 0.3 is 5.97 Å². The highest BCUT2D eigenvalue weighted by atomic mass is 16.5. The molecule has 0 unspecified atom stereocenters. The Morgan fingerprint density at radius 1 is 0.969 bits per heavy atom. The zero-order chi connectivity index (χ0) is 23.1. The van der Waals surface area contributed by atoms with Crippen LogP contribution in [0.15, 0.2) is 48.5 Å². The molecule has 174 valence electrons. The van der Waals surface area contributed by atoms with Crippen LogP contribution in [0.1, 0.15) is 58.1 Å². The number of anilines is 1. The number of carbonyl (C=O) groups excluding carboxylic acids is 1. The lowest BCUT2D eigenvalue weighted by Gasteiger charge is -2.37. The first-order chi connectivity index (χ1) is 15.4. The summed E-state index contributed by atoms with van der Waals surface area (Å²) in [6.45, 7) is 6.71. The minimum atomic E-state index is -0.208. The third-order valence-electron chi connectivity index (χ3n) is 6.56. The van der Waals surface area contributed by atoms with Crippen LogP contribution in [0.4, 0.5) is 5.69 Å². The van der Waals surface area contributed by atoms with Gasteiger partial charge in [-0.1, -0.05) is 39.3 Å². The maximum Gasteiger partial charge on any atom is 0.308 e. The van der Waals surface area contributed by atoms with Crippen LogP contribution in [0, 0.1) is 17.8 Å². The lowest BCUT2D eigenvalue weighted by Crippen LogP contribution is -2.36. The number of ether oxygens (including phenoxy) is 3. The minimum Gasteiger partial charge on any atom is -0.497 e. The van der Waals surface area contributed by atoms with Crippen molar-refractivity contribution in [3.8, 4) is 11.5 Å². The quantitative estimate of drug-likeness (QED) is 0.468. The summed E-state index contributed by atoms with van der Waals surface area (Å²) in [5.41, 5.74) is 1.93. The van der Waals surface area contributed by atoms with Gasteiger partial charge in [0.15, 0.2) is 0 Å². The molecule has 0 radical (unpaired) electrons. The van der Waals surface area contributed by atoms with Gasteiger partial charge in [-0.3, -0.25) is 4.79 Å². The van der Waals surface area contributed by atoms with Crippen molar-refractivity contribution < 1.29 is 19.0 Å². The normalized spacial score (nSPS) is 21.6. The average molecular weight is 440 g/mol. The van der Waals surface area contributed by atoms with Gasteiger partial charge in [0.2, 0.25) is 0 Å². The van der Waals surface area contributed by atoms with E-state index in [9.17, 15) is 4.79 Å². The van der Waals surface area contributed by atoms with Crippen molar-refractivity contribution in [3.05, 3.63) is 54.1 Å². The predicted molar refractivity (Wildman–Crippen MR) is 128 cm³/mol. The number of nitrogens with one attached hydrogen (secondary N) is 1. The van der Waals surface area contributed by atoms with Crippen molar-refractivity contribution in [2.45, 2.75) is 58.6 Å². The van der Waals surface area contributed by atoms with Gasteiger partial charge in [0.05, 0.1) is 26.7 Å². The molecule has 0 aromatic heterocycles. The van der Waals surface area contributed by atoms with Gasteiger partial charge in [-0.25, -0.2) is 0 Å². The third-order valence-corrected chi connectivity index (χ3v) is 6.56. The van der Waals surface area contributed by atoms with Crippen molar-refractivity contribution >= 4 is 11.7 Å². The summed E-state index contributed by atoms with van der Waals surface area (Å²) in [4.78, 5) is 13.1. The molecule has 4 atom stereocenters. The summed E-state index contributed by atoms with van der Waals surface area (Å²) < 4.78 is 16.6. The van der Waals surface area contributed by atoms with Gasteiger partial charge in [-0.05, 0) is 72.6 Å². The van der Waals surface area contributed by atoms with E-state index in [1.54, 1.807) is 14.2 Å². The highest BCUT2D eigenvalue weighted by Crippen LogP contribution is 2.36. The number of carbonyl (C=O) groups is 1. The Bertz CT molecular complexity index is 847. The Hall–Kier alpha value is -2.69. The number of hydrogen-bond acceptors (Lipinski definition) is 5. The Morgan fingerprint density at radius 3 is 2.12 bits per heavy atom. The van der Waals surface area contributed by atoms with Crippen LogP contribution < -0.4 is 14.8 Å². The second-order valence-corrected chi connectivity index (χ2v) is 9.26. The fraction of sp³-hybridized carbons (Fsp3) is 0.519. The van der Waals surface area contributed by atoms with E-state index in [0.29, 0.717) is 17.8 Å². The Morgan fingerprint density at radius 2 is 1.56 bits per heavy atom. The van der Waals surface area contributed by atoms with E-state index < -0.39 is 0 Å². The first-order valence-corrected chi connectivity index (χ1v) is 11.6. The molecule has 0 saturated heterocycles. The van der Waals surface area contributed by atoms with E-state index in [0.717, 1.165) is 35.6 Å². The molecule has 1 fully saturated rings. The standard InChI is InChI=1S/C27H37NO4/c1-18(2)24-15-6-19(3)16-26(24)32-27(29)17-25(20-7-11-22(30-4)12-8-20)28-21-9-13-23(31-5)14-10-21/h7-14,18-19,24-26,28H,6,15-17H2,1-5H3/t19-,24+,25-,26-/m1/s1. The summed E-state index contributed by atoms with van der Waals surface area (Å²) in [5, 5.41) is 3.50. The second kappa shape index (κ2) is 11.3. The van der Waals surface area contributed by atoms with E-state index in [1.165, 1.54) is 6.42 Å². The topological polar surface area (TPSA) is 56.8 Å². The molecule has 5 heteroatoms. The van der Waals surface area contributed by atoms with Gasteiger partial charge in [0, 0.05) is 5.69 Å². The average Bonchev–Trinajstić information content (AvgIpc) is 2.79. The van der Waals surface area contributed by atoms with E-state index >= 15 is 0 Å². The fourth-order valence-electron chi connectivity index (χ4n) is 4.61. The van der Waals surface area contributed by atoms with E-state index in [-0.39, 0.29) is 24.5 Å². The number of hydrogen-bond donors (Lipinski definition) is 1. The highest BCUT2D eigenvalue weighted by molar-refractivity contribution is 5.71. The number of esters is 1. The van der Waals surface area contributed by atoms with Crippen LogP contribution in [0.3, 0.4) is 0 Å². The Balaban J connectivity index is 1.74. The Labute approximate surface area is 192 Å². The summed E-state index contributed by atoms with van der Waals surface area (Å²) in [7, 11) is 3.30. The van der Waals surface area contributed by atoms with Crippen LogP contribution in [0.2, 0.25) is 0 Å². The predicted octanol–water partition coefficient (Wildman–Crippen LogP) is 6.25. The minimum absolute atomic E-state index is 0.00348. The Kier molecular flexibility index (Phi) is 8.43. The second-order valence-electron chi connectivity index (χ2n) is 9.26. The van der Waals surface area contributed by atoms with Crippen LogP contribution in [-0.2, 0) is 9.53 Å². The first kappa shape index (κ1) is 24.0. The fourth-order valence-corrected chi connectivity index (χ4v) is 4.61. The summed E-state index contributed by atoms with van der Waals surface area (Å²) in [5.74, 6) is 2.96. The molecule has 2 aromatic carbocycles. The zero-order valence-electron chi connectivity index (χ0n) is 20.0. The molecular weight excluding hydrogens is 402 g/mol. The van der Waals surface area contributed by atoms with E-state index in [2.05, 4.69) is 26.1 Å². The smallest absolute Gasteiger partial charge is 0.308 e. The molecule has 5 nitrogen and oxygen atoms in total. The van der Waals surface area contributed by atoms with Crippen LogP contribution in [0.5, 0.6) is 11.5 Å². The monoisotopic (exact) mass is 439 g/mol. The highest BCUT2D eigenvalue weighted by Gasteiger charge is 2.33. The molecule has 32 heavy (non-hydrogen) atoms. The molecule has 3 rings (SSSR count).